The van der Waals surface area contributed by atoms with Crippen molar-refractivity contribution in [3.63, 3.8) is 0 Å². The van der Waals surface area contributed by atoms with Crippen molar-refractivity contribution in [2.24, 2.45) is 7.05 Å². The monoisotopic (exact) mass is 208 g/mol. The highest BCUT2D eigenvalue weighted by Gasteiger charge is 2.17. The SMILES string of the molecule is Cc1nn(C)cc1NC1CCCN(C)C1. The van der Waals surface area contributed by atoms with Crippen LogP contribution in [-0.4, -0.2) is 40.9 Å². The zero-order valence-electron chi connectivity index (χ0n) is 9.82. The van der Waals surface area contributed by atoms with Crippen molar-refractivity contribution in [2.45, 2.75) is 25.8 Å². The lowest BCUT2D eigenvalue weighted by Gasteiger charge is -2.30. The molecule has 84 valence electrons. The maximum Gasteiger partial charge on any atom is 0.0825 e. The van der Waals surface area contributed by atoms with Gasteiger partial charge in [-0.2, -0.15) is 5.10 Å². The molecule has 4 nitrogen and oxygen atoms in total. The summed E-state index contributed by atoms with van der Waals surface area (Å²) in [6, 6.07) is 0.576. The fourth-order valence-electron chi connectivity index (χ4n) is 2.25. The molecule has 0 aromatic carbocycles. The Bertz CT molecular complexity index is 331. The van der Waals surface area contributed by atoms with E-state index in [1.54, 1.807) is 0 Å². The average Bonchev–Trinajstić information content (AvgIpc) is 2.45. The maximum atomic E-state index is 4.34. The Balaban J connectivity index is 1.99. The molecule has 1 unspecified atom stereocenters. The van der Waals surface area contributed by atoms with E-state index in [0.717, 1.165) is 12.2 Å². The van der Waals surface area contributed by atoms with Gasteiger partial charge in [-0.3, -0.25) is 4.68 Å². The molecule has 0 amide bonds. The van der Waals surface area contributed by atoms with Gasteiger partial charge >= 0.3 is 0 Å². The van der Waals surface area contributed by atoms with Gasteiger partial charge in [0.1, 0.15) is 0 Å². The summed E-state index contributed by atoms with van der Waals surface area (Å²) in [5.74, 6) is 0. The molecule has 1 fully saturated rings. The van der Waals surface area contributed by atoms with E-state index in [4.69, 9.17) is 0 Å². The van der Waals surface area contributed by atoms with Gasteiger partial charge in [0.05, 0.1) is 11.4 Å². The molecule has 0 saturated carbocycles. The first-order valence-electron chi connectivity index (χ1n) is 5.60. The Kier molecular flexibility index (Phi) is 2.95. The third-order valence-corrected chi connectivity index (χ3v) is 3.00. The van der Waals surface area contributed by atoms with Crippen molar-refractivity contribution in [2.75, 3.05) is 25.5 Å². The minimum Gasteiger partial charge on any atom is -0.378 e. The fourth-order valence-corrected chi connectivity index (χ4v) is 2.25. The topological polar surface area (TPSA) is 33.1 Å². The summed E-state index contributed by atoms with van der Waals surface area (Å²) in [5, 5.41) is 7.91. The summed E-state index contributed by atoms with van der Waals surface area (Å²) in [6.07, 6.45) is 4.61. The lowest BCUT2D eigenvalue weighted by molar-refractivity contribution is 0.261. The Morgan fingerprint density at radius 2 is 2.27 bits per heavy atom. The molecule has 2 rings (SSSR count). The van der Waals surface area contributed by atoms with Crippen LogP contribution < -0.4 is 5.32 Å². The Hall–Kier alpha value is -1.03. The summed E-state index contributed by atoms with van der Waals surface area (Å²) in [4.78, 5) is 2.38. The second-order valence-corrected chi connectivity index (χ2v) is 4.55. The molecule has 1 aromatic rings. The van der Waals surface area contributed by atoms with Crippen LogP contribution in [-0.2, 0) is 7.05 Å². The molecule has 1 aliphatic rings. The van der Waals surface area contributed by atoms with Gasteiger partial charge in [0, 0.05) is 25.8 Å². The number of rotatable bonds is 2. The van der Waals surface area contributed by atoms with Crippen LogP contribution in [0.15, 0.2) is 6.20 Å². The molecule has 2 heterocycles. The maximum absolute atomic E-state index is 4.34. The first-order chi connectivity index (χ1) is 7.15. The largest absolute Gasteiger partial charge is 0.378 e. The number of aromatic nitrogens is 2. The molecular weight excluding hydrogens is 188 g/mol. The van der Waals surface area contributed by atoms with E-state index >= 15 is 0 Å². The normalized spacial score (nSPS) is 23.0. The predicted octanol–water partition coefficient (Wildman–Crippen LogP) is 1.23. The highest BCUT2D eigenvalue weighted by atomic mass is 15.3. The van der Waals surface area contributed by atoms with E-state index in [-0.39, 0.29) is 0 Å². The van der Waals surface area contributed by atoms with Crippen LogP contribution >= 0.6 is 0 Å². The van der Waals surface area contributed by atoms with E-state index in [1.165, 1.54) is 25.1 Å². The standard InChI is InChI=1S/C11H20N4/c1-9-11(8-15(3)13-9)12-10-5-4-6-14(2)7-10/h8,10,12H,4-7H2,1-3H3. The van der Waals surface area contributed by atoms with Crippen molar-refractivity contribution in [3.8, 4) is 0 Å². The zero-order chi connectivity index (χ0) is 10.8. The van der Waals surface area contributed by atoms with Crippen molar-refractivity contribution in [3.05, 3.63) is 11.9 Å². The molecule has 1 saturated heterocycles. The minimum absolute atomic E-state index is 0.576. The van der Waals surface area contributed by atoms with Crippen LogP contribution in [0, 0.1) is 6.92 Å². The minimum atomic E-state index is 0.576. The third kappa shape index (κ3) is 2.50. The highest BCUT2D eigenvalue weighted by molar-refractivity contribution is 5.46. The quantitative estimate of drug-likeness (QED) is 0.793. The molecule has 0 spiro atoms. The Morgan fingerprint density at radius 1 is 1.47 bits per heavy atom. The zero-order valence-corrected chi connectivity index (χ0v) is 9.82. The fraction of sp³-hybridized carbons (Fsp3) is 0.727. The second-order valence-electron chi connectivity index (χ2n) is 4.55. The van der Waals surface area contributed by atoms with E-state index in [2.05, 4.69) is 35.5 Å². The molecular formula is C11H20N4. The van der Waals surface area contributed by atoms with Crippen molar-refractivity contribution < 1.29 is 0 Å². The highest BCUT2D eigenvalue weighted by Crippen LogP contribution is 2.17. The molecule has 0 aliphatic carbocycles. The molecule has 4 heteroatoms. The van der Waals surface area contributed by atoms with Gasteiger partial charge in [-0.1, -0.05) is 0 Å². The first-order valence-corrected chi connectivity index (χ1v) is 5.60. The van der Waals surface area contributed by atoms with E-state index in [0.29, 0.717) is 6.04 Å². The predicted molar refractivity (Wildman–Crippen MR) is 62.1 cm³/mol. The van der Waals surface area contributed by atoms with Crippen LogP contribution in [0.25, 0.3) is 0 Å². The Morgan fingerprint density at radius 3 is 2.87 bits per heavy atom. The van der Waals surface area contributed by atoms with E-state index in [1.807, 2.05) is 11.7 Å². The molecule has 0 bridgehead atoms. The van der Waals surface area contributed by atoms with E-state index < -0.39 is 0 Å². The Labute approximate surface area is 91.3 Å². The summed E-state index contributed by atoms with van der Waals surface area (Å²) < 4.78 is 1.87. The number of nitrogens with zero attached hydrogens (tertiary/aromatic N) is 3. The summed E-state index contributed by atoms with van der Waals surface area (Å²) in [6.45, 7) is 4.41. The van der Waals surface area contributed by atoms with Crippen LogP contribution in [0.2, 0.25) is 0 Å². The average molecular weight is 208 g/mol. The number of nitrogens with one attached hydrogen (secondary N) is 1. The summed E-state index contributed by atoms with van der Waals surface area (Å²) in [7, 11) is 4.15. The third-order valence-electron chi connectivity index (χ3n) is 3.00. The molecule has 15 heavy (non-hydrogen) atoms. The van der Waals surface area contributed by atoms with Crippen LogP contribution in [0.1, 0.15) is 18.5 Å². The van der Waals surface area contributed by atoms with Crippen molar-refractivity contribution >= 4 is 5.69 Å². The number of aryl methyl sites for hydroxylation is 2. The number of hydrogen-bond donors (Lipinski definition) is 1. The lowest BCUT2D eigenvalue weighted by atomic mass is 10.1. The van der Waals surface area contributed by atoms with Crippen molar-refractivity contribution in [1.82, 2.24) is 14.7 Å². The van der Waals surface area contributed by atoms with Crippen LogP contribution in [0.5, 0.6) is 0 Å². The molecule has 1 aromatic heterocycles. The number of likely N-dealkylation sites (tertiary alicyclic amines) is 1. The number of likely N-dealkylation sites (N-methyl/N-ethyl adjacent to an activating group) is 1. The lowest BCUT2D eigenvalue weighted by Crippen LogP contribution is -2.39. The molecule has 1 N–H and O–H groups in total. The van der Waals surface area contributed by atoms with Crippen LogP contribution in [0.3, 0.4) is 0 Å². The van der Waals surface area contributed by atoms with Gasteiger partial charge in [-0.05, 0) is 33.4 Å². The van der Waals surface area contributed by atoms with Crippen LogP contribution in [0.4, 0.5) is 5.69 Å². The number of piperidine rings is 1. The number of hydrogen-bond acceptors (Lipinski definition) is 3. The van der Waals surface area contributed by atoms with Gasteiger partial charge in [-0.15, -0.1) is 0 Å². The summed E-state index contributed by atoms with van der Waals surface area (Å²) >= 11 is 0. The van der Waals surface area contributed by atoms with Crippen molar-refractivity contribution in [1.29, 1.82) is 0 Å². The summed E-state index contributed by atoms with van der Waals surface area (Å²) in [5.41, 5.74) is 2.27. The first kappa shape index (κ1) is 10.5. The molecule has 1 atom stereocenters. The molecule has 0 radical (unpaired) electrons. The van der Waals surface area contributed by atoms with Gasteiger partial charge in [0.25, 0.3) is 0 Å². The van der Waals surface area contributed by atoms with E-state index in [9.17, 15) is 0 Å². The van der Waals surface area contributed by atoms with Gasteiger partial charge in [-0.25, -0.2) is 0 Å². The van der Waals surface area contributed by atoms with Gasteiger partial charge in [0.15, 0.2) is 0 Å². The second kappa shape index (κ2) is 4.23. The molecule has 1 aliphatic heterocycles. The number of anilines is 1. The van der Waals surface area contributed by atoms with Gasteiger partial charge in [0.2, 0.25) is 0 Å². The van der Waals surface area contributed by atoms with Gasteiger partial charge < -0.3 is 10.2 Å². The smallest absolute Gasteiger partial charge is 0.0825 e.